The number of nitrogens with one attached hydrogen (secondary N) is 1. The summed E-state index contributed by atoms with van der Waals surface area (Å²) >= 11 is 0. The summed E-state index contributed by atoms with van der Waals surface area (Å²) in [6.45, 7) is 8.91. The van der Waals surface area contributed by atoms with Gasteiger partial charge < -0.3 is 15.8 Å². The molecule has 0 saturated carbocycles. The van der Waals surface area contributed by atoms with Crippen molar-refractivity contribution in [3.05, 3.63) is 29.3 Å². The first-order chi connectivity index (χ1) is 7.99. The summed E-state index contributed by atoms with van der Waals surface area (Å²) in [6, 6.07) is 6.38. The number of hydrogen-bond acceptors (Lipinski definition) is 3. The van der Waals surface area contributed by atoms with Gasteiger partial charge in [0.25, 0.3) is 0 Å². The van der Waals surface area contributed by atoms with Gasteiger partial charge in [0.15, 0.2) is 0 Å². The van der Waals surface area contributed by atoms with Crippen molar-refractivity contribution in [2.45, 2.75) is 32.7 Å². The summed E-state index contributed by atoms with van der Waals surface area (Å²) in [5, 5.41) is 3.30. The summed E-state index contributed by atoms with van der Waals surface area (Å²) in [6.07, 6.45) is 0. The highest BCUT2D eigenvalue weighted by Gasteiger charge is 2.15. The highest BCUT2D eigenvalue weighted by atomic mass is 16.5. The molecule has 0 spiro atoms. The van der Waals surface area contributed by atoms with Crippen molar-refractivity contribution in [3.8, 4) is 5.75 Å². The van der Waals surface area contributed by atoms with Gasteiger partial charge in [0.05, 0.1) is 7.11 Å². The molecule has 3 nitrogen and oxygen atoms in total. The first-order valence-corrected chi connectivity index (χ1v) is 6.07. The molecule has 96 valence electrons. The number of methoxy groups -OCH3 is 1. The summed E-state index contributed by atoms with van der Waals surface area (Å²) in [7, 11) is 1.71. The van der Waals surface area contributed by atoms with Gasteiger partial charge in [0.2, 0.25) is 0 Å². The molecule has 1 aromatic rings. The minimum absolute atomic E-state index is 0.162. The monoisotopic (exact) mass is 236 g/mol. The van der Waals surface area contributed by atoms with Gasteiger partial charge in [-0.25, -0.2) is 0 Å². The maximum atomic E-state index is 5.47. The molecule has 1 aromatic carbocycles. The molecule has 0 aromatic heterocycles. The first kappa shape index (κ1) is 14.0. The van der Waals surface area contributed by atoms with E-state index in [2.05, 4.69) is 38.2 Å². The molecule has 0 aliphatic rings. The van der Waals surface area contributed by atoms with Crippen LogP contribution in [0.4, 0.5) is 0 Å². The van der Waals surface area contributed by atoms with Crippen LogP contribution in [-0.2, 0) is 12.0 Å². The van der Waals surface area contributed by atoms with Crippen LogP contribution < -0.4 is 15.8 Å². The summed E-state index contributed by atoms with van der Waals surface area (Å²) in [5.41, 5.74) is 8.14. The molecule has 0 aliphatic heterocycles. The van der Waals surface area contributed by atoms with Crippen molar-refractivity contribution in [1.29, 1.82) is 0 Å². The van der Waals surface area contributed by atoms with Crippen LogP contribution in [0.15, 0.2) is 18.2 Å². The minimum Gasteiger partial charge on any atom is -0.496 e. The lowest BCUT2D eigenvalue weighted by atomic mass is 9.86. The molecule has 0 fully saturated rings. The first-order valence-electron chi connectivity index (χ1n) is 6.07. The van der Waals surface area contributed by atoms with Gasteiger partial charge in [-0.2, -0.15) is 0 Å². The van der Waals surface area contributed by atoms with Gasteiger partial charge in [0, 0.05) is 25.2 Å². The van der Waals surface area contributed by atoms with E-state index in [1.807, 2.05) is 6.07 Å². The zero-order valence-corrected chi connectivity index (χ0v) is 11.3. The lowest BCUT2D eigenvalue weighted by molar-refractivity contribution is 0.407. The maximum Gasteiger partial charge on any atom is 0.123 e. The zero-order valence-electron chi connectivity index (χ0n) is 11.3. The summed E-state index contributed by atoms with van der Waals surface area (Å²) < 4.78 is 5.37. The lowest BCUT2D eigenvalue weighted by Crippen LogP contribution is -2.22. The Labute approximate surface area is 104 Å². The SMILES string of the molecule is COc1ccc(C(C)(C)C)cc1CNCCN. The number of rotatable bonds is 5. The van der Waals surface area contributed by atoms with Gasteiger partial charge in [0.1, 0.15) is 5.75 Å². The lowest BCUT2D eigenvalue weighted by Gasteiger charge is -2.21. The average molecular weight is 236 g/mol. The summed E-state index contributed by atoms with van der Waals surface area (Å²) in [5.74, 6) is 0.933. The van der Waals surface area contributed by atoms with Crippen molar-refractivity contribution in [1.82, 2.24) is 5.32 Å². The van der Waals surface area contributed by atoms with Crippen molar-refractivity contribution in [2.75, 3.05) is 20.2 Å². The van der Waals surface area contributed by atoms with Gasteiger partial charge >= 0.3 is 0 Å². The highest BCUT2D eigenvalue weighted by molar-refractivity contribution is 5.39. The van der Waals surface area contributed by atoms with E-state index < -0.39 is 0 Å². The molecule has 1 rings (SSSR count). The summed E-state index contributed by atoms with van der Waals surface area (Å²) in [4.78, 5) is 0. The van der Waals surface area contributed by atoms with E-state index in [4.69, 9.17) is 10.5 Å². The normalized spacial score (nSPS) is 11.6. The Morgan fingerprint density at radius 2 is 2.00 bits per heavy atom. The Bertz CT molecular complexity index is 356. The molecule has 17 heavy (non-hydrogen) atoms. The van der Waals surface area contributed by atoms with E-state index in [1.54, 1.807) is 7.11 Å². The predicted molar refractivity (Wildman–Crippen MR) is 72.5 cm³/mol. The second-order valence-electron chi connectivity index (χ2n) is 5.24. The second-order valence-corrected chi connectivity index (χ2v) is 5.24. The third-order valence-electron chi connectivity index (χ3n) is 2.78. The van der Waals surface area contributed by atoms with E-state index in [1.165, 1.54) is 11.1 Å². The number of nitrogens with two attached hydrogens (primary N) is 1. The number of benzene rings is 1. The molecule has 0 unspecified atom stereocenters. The topological polar surface area (TPSA) is 47.3 Å². The van der Waals surface area contributed by atoms with Crippen LogP contribution in [0.1, 0.15) is 31.9 Å². The second kappa shape index (κ2) is 6.03. The van der Waals surface area contributed by atoms with Crippen molar-refractivity contribution in [2.24, 2.45) is 5.73 Å². The fourth-order valence-electron chi connectivity index (χ4n) is 1.71. The van der Waals surface area contributed by atoms with Crippen molar-refractivity contribution >= 4 is 0 Å². The van der Waals surface area contributed by atoms with E-state index in [0.717, 1.165) is 18.8 Å². The largest absolute Gasteiger partial charge is 0.496 e. The Balaban J connectivity index is 2.90. The quantitative estimate of drug-likeness (QED) is 0.769. The number of hydrogen-bond donors (Lipinski definition) is 2. The minimum atomic E-state index is 0.162. The third kappa shape index (κ3) is 4.02. The molecule has 0 bridgehead atoms. The molecule has 3 N–H and O–H groups in total. The molecular formula is C14H24N2O. The molecule has 0 saturated heterocycles. The third-order valence-corrected chi connectivity index (χ3v) is 2.78. The predicted octanol–water partition coefficient (Wildman–Crippen LogP) is 2.04. The van der Waals surface area contributed by atoms with E-state index in [-0.39, 0.29) is 5.41 Å². The fourth-order valence-corrected chi connectivity index (χ4v) is 1.71. The van der Waals surface area contributed by atoms with E-state index >= 15 is 0 Å². The van der Waals surface area contributed by atoms with Crippen LogP contribution in [0.25, 0.3) is 0 Å². The Hall–Kier alpha value is -1.06. The van der Waals surface area contributed by atoms with E-state index in [0.29, 0.717) is 6.54 Å². The van der Waals surface area contributed by atoms with E-state index in [9.17, 15) is 0 Å². The van der Waals surface area contributed by atoms with Gasteiger partial charge in [-0.3, -0.25) is 0 Å². The van der Waals surface area contributed by atoms with Crippen LogP contribution in [0.5, 0.6) is 5.75 Å². The Kier molecular flexibility index (Phi) is 4.97. The molecule has 0 amide bonds. The average Bonchev–Trinajstić information content (AvgIpc) is 2.28. The van der Waals surface area contributed by atoms with Crippen LogP contribution in [0, 0.1) is 0 Å². The molecule has 3 heteroatoms. The smallest absolute Gasteiger partial charge is 0.123 e. The molecular weight excluding hydrogens is 212 g/mol. The van der Waals surface area contributed by atoms with Crippen molar-refractivity contribution < 1.29 is 4.74 Å². The molecule has 0 aliphatic carbocycles. The van der Waals surface area contributed by atoms with Crippen LogP contribution in [0.3, 0.4) is 0 Å². The number of ether oxygens (including phenoxy) is 1. The fraction of sp³-hybridized carbons (Fsp3) is 0.571. The van der Waals surface area contributed by atoms with Gasteiger partial charge in [-0.05, 0) is 17.0 Å². The molecule has 0 atom stereocenters. The molecule has 0 radical (unpaired) electrons. The van der Waals surface area contributed by atoms with Crippen molar-refractivity contribution in [3.63, 3.8) is 0 Å². The standard InChI is InChI=1S/C14H24N2O/c1-14(2,3)12-5-6-13(17-4)11(9-12)10-16-8-7-15/h5-6,9,16H,7-8,10,15H2,1-4H3. The Morgan fingerprint density at radius 1 is 1.29 bits per heavy atom. The highest BCUT2D eigenvalue weighted by Crippen LogP contribution is 2.27. The van der Waals surface area contributed by atoms with Crippen LogP contribution in [-0.4, -0.2) is 20.2 Å². The Morgan fingerprint density at radius 3 is 2.53 bits per heavy atom. The molecule has 0 heterocycles. The van der Waals surface area contributed by atoms with Gasteiger partial charge in [-0.15, -0.1) is 0 Å². The van der Waals surface area contributed by atoms with Crippen LogP contribution in [0.2, 0.25) is 0 Å². The zero-order chi connectivity index (χ0) is 12.9. The van der Waals surface area contributed by atoms with Crippen LogP contribution >= 0.6 is 0 Å². The van der Waals surface area contributed by atoms with Gasteiger partial charge in [-0.1, -0.05) is 32.9 Å². The maximum absolute atomic E-state index is 5.47.